The van der Waals surface area contributed by atoms with Gasteiger partial charge in [0, 0.05) is 5.56 Å². The van der Waals surface area contributed by atoms with Gasteiger partial charge in [0.25, 0.3) is 0 Å². The predicted octanol–water partition coefficient (Wildman–Crippen LogP) is 5.43. The van der Waals surface area contributed by atoms with Gasteiger partial charge in [-0.25, -0.2) is 0 Å². The summed E-state index contributed by atoms with van der Waals surface area (Å²) in [5.41, 5.74) is 1.97. The lowest BCUT2D eigenvalue weighted by Gasteiger charge is -2.11. The minimum atomic E-state index is 0.616. The van der Waals surface area contributed by atoms with Gasteiger partial charge in [0.2, 0.25) is 0 Å². The molecule has 0 spiro atoms. The summed E-state index contributed by atoms with van der Waals surface area (Å²) >= 11 is 6.86. The fourth-order valence-electron chi connectivity index (χ4n) is 2.04. The summed E-state index contributed by atoms with van der Waals surface area (Å²) in [6.45, 7) is 0.657. The molecule has 110 valence electrons. The normalized spacial score (nSPS) is 10.4. The molecule has 0 heterocycles. The standard InChI is InChI=1S/C17H16Br2O2/c18-15-10-14(12-20)11-16(19)17(15)21-9-5-4-8-13-6-2-1-3-7-13/h1-3,6-7,10-12H,4-5,8-9H2. The van der Waals surface area contributed by atoms with E-state index in [4.69, 9.17) is 4.74 Å². The molecule has 2 rings (SSSR count). The number of aldehydes is 1. The quantitative estimate of drug-likeness (QED) is 0.448. The van der Waals surface area contributed by atoms with Crippen molar-refractivity contribution in [2.24, 2.45) is 0 Å². The third-order valence-corrected chi connectivity index (χ3v) is 4.28. The summed E-state index contributed by atoms with van der Waals surface area (Å²) in [5, 5.41) is 0. The fourth-order valence-corrected chi connectivity index (χ4v) is 3.49. The van der Waals surface area contributed by atoms with E-state index in [0.717, 1.165) is 40.2 Å². The molecule has 0 radical (unpaired) electrons. The first-order chi connectivity index (χ1) is 10.2. The number of rotatable bonds is 7. The van der Waals surface area contributed by atoms with E-state index in [2.05, 4.69) is 56.1 Å². The highest BCUT2D eigenvalue weighted by molar-refractivity contribution is 9.11. The summed E-state index contributed by atoms with van der Waals surface area (Å²) in [6, 6.07) is 14.0. The van der Waals surface area contributed by atoms with E-state index in [1.807, 2.05) is 6.07 Å². The Balaban J connectivity index is 1.80. The fraction of sp³-hybridized carbons (Fsp3) is 0.235. The summed E-state index contributed by atoms with van der Waals surface area (Å²) in [7, 11) is 0. The zero-order chi connectivity index (χ0) is 15.1. The van der Waals surface area contributed by atoms with Gasteiger partial charge in [-0.15, -0.1) is 0 Å². The third-order valence-electron chi connectivity index (χ3n) is 3.11. The van der Waals surface area contributed by atoms with E-state index in [1.54, 1.807) is 12.1 Å². The molecule has 0 saturated heterocycles. The van der Waals surface area contributed by atoms with Crippen LogP contribution in [0.2, 0.25) is 0 Å². The van der Waals surface area contributed by atoms with Crippen LogP contribution >= 0.6 is 31.9 Å². The van der Waals surface area contributed by atoms with E-state index in [9.17, 15) is 4.79 Å². The van der Waals surface area contributed by atoms with Crippen molar-refractivity contribution in [3.8, 4) is 5.75 Å². The second-order valence-electron chi connectivity index (χ2n) is 4.72. The largest absolute Gasteiger partial charge is 0.491 e. The lowest BCUT2D eigenvalue weighted by Crippen LogP contribution is -2.00. The van der Waals surface area contributed by atoms with E-state index >= 15 is 0 Å². The summed E-state index contributed by atoms with van der Waals surface area (Å²) in [6.07, 6.45) is 3.96. The van der Waals surface area contributed by atoms with Crippen molar-refractivity contribution in [1.82, 2.24) is 0 Å². The number of benzene rings is 2. The van der Waals surface area contributed by atoms with Gasteiger partial charge < -0.3 is 4.74 Å². The van der Waals surface area contributed by atoms with Gasteiger partial charge in [-0.3, -0.25) is 4.79 Å². The number of unbranched alkanes of at least 4 members (excludes halogenated alkanes) is 1. The van der Waals surface area contributed by atoms with Crippen LogP contribution in [0, 0.1) is 0 Å². The predicted molar refractivity (Wildman–Crippen MR) is 92.1 cm³/mol. The Hall–Kier alpha value is -1.13. The number of aryl methyl sites for hydroxylation is 1. The Morgan fingerprint density at radius 1 is 1.00 bits per heavy atom. The smallest absolute Gasteiger partial charge is 0.150 e. The van der Waals surface area contributed by atoms with Crippen LogP contribution < -0.4 is 4.74 Å². The monoisotopic (exact) mass is 410 g/mol. The van der Waals surface area contributed by atoms with Crippen LogP contribution in [-0.4, -0.2) is 12.9 Å². The van der Waals surface area contributed by atoms with Crippen LogP contribution in [0.3, 0.4) is 0 Å². The van der Waals surface area contributed by atoms with Crippen molar-refractivity contribution in [1.29, 1.82) is 0 Å². The highest BCUT2D eigenvalue weighted by Crippen LogP contribution is 2.34. The van der Waals surface area contributed by atoms with Gasteiger partial charge in [0.15, 0.2) is 0 Å². The van der Waals surface area contributed by atoms with E-state index < -0.39 is 0 Å². The van der Waals surface area contributed by atoms with Crippen LogP contribution in [0.4, 0.5) is 0 Å². The van der Waals surface area contributed by atoms with E-state index in [-0.39, 0.29) is 0 Å². The molecule has 2 aromatic carbocycles. The van der Waals surface area contributed by atoms with Crippen LogP contribution in [0.5, 0.6) is 5.75 Å². The number of carbonyl (C=O) groups excluding carboxylic acids is 1. The summed E-state index contributed by atoms with van der Waals surface area (Å²) < 4.78 is 7.38. The molecule has 0 aliphatic rings. The Bertz CT molecular complexity index is 574. The molecule has 0 amide bonds. The zero-order valence-corrected chi connectivity index (χ0v) is 14.7. The molecule has 0 N–H and O–H groups in total. The molecule has 21 heavy (non-hydrogen) atoms. The first-order valence-corrected chi connectivity index (χ1v) is 8.40. The van der Waals surface area contributed by atoms with Crippen molar-refractivity contribution in [2.45, 2.75) is 19.3 Å². The maximum atomic E-state index is 10.8. The second kappa shape index (κ2) is 8.35. The van der Waals surface area contributed by atoms with Gasteiger partial charge in [-0.05, 0) is 68.8 Å². The van der Waals surface area contributed by atoms with Gasteiger partial charge >= 0.3 is 0 Å². The van der Waals surface area contributed by atoms with Gasteiger partial charge in [0.05, 0.1) is 15.6 Å². The van der Waals surface area contributed by atoms with E-state index in [0.29, 0.717) is 12.2 Å². The number of hydrogen-bond donors (Lipinski definition) is 0. The molecule has 0 atom stereocenters. The number of hydrogen-bond acceptors (Lipinski definition) is 2. The molecule has 0 fully saturated rings. The highest BCUT2D eigenvalue weighted by Gasteiger charge is 2.08. The number of halogens is 2. The van der Waals surface area contributed by atoms with Crippen molar-refractivity contribution in [3.63, 3.8) is 0 Å². The zero-order valence-electron chi connectivity index (χ0n) is 11.5. The first-order valence-electron chi connectivity index (χ1n) is 6.81. The number of carbonyl (C=O) groups is 1. The van der Waals surface area contributed by atoms with Gasteiger partial charge in [0.1, 0.15) is 12.0 Å². The van der Waals surface area contributed by atoms with Gasteiger partial charge in [-0.2, -0.15) is 0 Å². The average molecular weight is 412 g/mol. The van der Waals surface area contributed by atoms with Crippen molar-refractivity contribution >= 4 is 38.1 Å². The van der Waals surface area contributed by atoms with Crippen LogP contribution in [0.25, 0.3) is 0 Å². The minimum absolute atomic E-state index is 0.616. The molecule has 4 heteroatoms. The molecular formula is C17H16Br2O2. The SMILES string of the molecule is O=Cc1cc(Br)c(OCCCCc2ccccc2)c(Br)c1. The molecule has 0 unspecified atom stereocenters. The third kappa shape index (κ3) is 4.97. The molecule has 0 aliphatic carbocycles. The Kier molecular flexibility index (Phi) is 6.46. The minimum Gasteiger partial charge on any atom is -0.491 e. The molecule has 0 aliphatic heterocycles. The van der Waals surface area contributed by atoms with Crippen LogP contribution in [-0.2, 0) is 6.42 Å². The Labute approximate surface area is 141 Å². The molecule has 2 aromatic rings. The summed E-state index contributed by atoms with van der Waals surface area (Å²) in [4.78, 5) is 10.8. The lowest BCUT2D eigenvalue weighted by molar-refractivity contribution is 0.112. The molecular weight excluding hydrogens is 396 g/mol. The molecule has 0 bridgehead atoms. The average Bonchev–Trinajstić information content (AvgIpc) is 2.50. The Morgan fingerprint density at radius 3 is 2.29 bits per heavy atom. The number of ether oxygens (including phenoxy) is 1. The van der Waals surface area contributed by atoms with Crippen LogP contribution in [0.15, 0.2) is 51.4 Å². The molecule has 0 saturated carbocycles. The van der Waals surface area contributed by atoms with Crippen molar-refractivity contribution in [2.75, 3.05) is 6.61 Å². The first kappa shape index (κ1) is 16.2. The topological polar surface area (TPSA) is 26.3 Å². The Morgan fingerprint density at radius 2 is 1.67 bits per heavy atom. The maximum Gasteiger partial charge on any atom is 0.150 e. The summed E-state index contributed by atoms with van der Waals surface area (Å²) in [5.74, 6) is 0.750. The molecule has 0 aromatic heterocycles. The lowest BCUT2D eigenvalue weighted by atomic mass is 10.1. The van der Waals surface area contributed by atoms with Gasteiger partial charge in [-0.1, -0.05) is 30.3 Å². The van der Waals surface area contributed by atoms with Crippen molar-refractivity contribution in [3.05, 3.63) is 62.5 Å². The maximum absolute atomic E-state index is 10.8. The van der Waals surface area contributed by atoms with E-state index in [1.165, 1.54) is 5.56 Å². The van der Waals surface area contributed by atoms with Crippen LogP contribution in [0.1, 0.15) is 28.8 Å². The second-order valence-corrected chi connectivity index (χ2v) is 6.43. The molecule has 2 nitrogen and oxygen atoms in total. The highest BCUT2D eigenvalue weighted by atomic mass is 79.9. The van der Waals surface area contributed by atoms with Crippen molar-refractivity contribution < 1.29 is 9.53 Å².